The topological polar surface area (TPSA) is 60.1 Å². The van der Waals surface area contributed by atoms with E-state index in [0.717, 1.165) is 17.7 Å². The number of carbonyl (C=O) groups excluding carboxylic acids is 1. The van der Waals surface area contributed by atoms with Gasteiger partial charge in [-0.3, -0.25) is 4.79 Å². The molecule has 0 atom stereocenters. The fourth-order valence-corrected chi connectivity index (χ4v) is 2.25. The summed E-state index contributed by atoms with van der Waals surface area (Å²) in [4.78, 5) is 12.4. The Morgan fingerprint density at radius 2 is 2.05 bits per heavy atom. The smallest absolute Gasteiger partial charge is 0.272 e. The van der Waals surface area contributed by atoms with Crippen LogP contribution in [0.1, 0.15) is 42.9 Å². The van der Waals surface area contributed by atoms with Crippen molar-refractivity contribution in [2.75, 3.05) is 11.1 Å². The predicted molar refractivity (Wildman–Crippen MR) is 83.0 cm³/mol. The highest BCUT2D eigenvalue weighted by Gasteiger charge is 2.15. The number of nitrogens with zero attached hydrogens (tertiary/aromatic N) is 1. The first-order valence-electron chi connectivity index (χ1n) is 6.89. The maximum absolute atomic E-state index is 12.4. The number of hydrogen-bond donors (Lipinski definition) is 2. The van der Waals surface area contributed by atoms with Crippen molar-refractivity contribution in [1.82, 2.24) is 4.57 Å². The van der Waals surface area contributed by atoms with Gasteiger partial charge in [0, 0.05) is 17.9 Å². The summed E-state index contributed by atoms with van der Waals surface area (Å²) in [5.74, 6) is -0.128. The monoisotopic (exact) mass is 271 g/mol. The van der Waals surface area contributed by atoms with E-state index in [-0.39, 0.29) is 11.9 Å². The molecule has 1 aromatic carbocycles. The number of nitrogens with one attached hydrogen (secondary N) is 1. The SMILES string of the molecule is CCc1ccccc1NC(=O)c1cc(N)cn1C(C)C. The van der Waals surface area contributed by atoms with E-state index < -0.39 is 0 Å². The molecular formula is C16H21N3O. The average Bonchev–Trinajstić information content (AvgIpc) is 2.82. The summed E-state index contributed by atoms with van der Waals surface area (Å²) in [6.45, 7) is 6.12. The Balaban J connectivity index is 2.28. The molecule has 0 aliphatic rings. The molecule has 0 saturated heterocycles. The molecule has 0 spiro atoms. The van der Waals surface area contributed by atoms with Gasteiger partial charge in [0.2, 0.25) is 0 Å². The van der Waals surface area contributed by atoms with Crippen LogP contribution in [-0.2, 0) is 6.42 Å². The van der Waals surface area contributed by atoms with Crippen molar-refractivity contribution in [2.45, 2.75) is 33.2 Å². The molecule has 106 valence electrons. The molecule has 0 bridgehead atoms. The summed E-state index contributed by atoms with van der Waals surface area (Å²) in [6, 6.07) is 9.74. The van der Waals surface area contributed by atoms with E-state index in [1.807, 2.05) is 42.7 Å². The third-order valence-corrected chi connectivity index (χ3v) is 3.31. The number of para-hydroxylation sites is 1. The molecule has 0 aliphatic heterocycles. The fourth-order valence-electron chi connectivity index (χ4n) is 2.25. The van der Waals surface area contributed by atoms with E-state index in [1.165, 1.54) is 0 Å². The van der Waals surface area contributed by atoms with E-state index in [2.05, 4.69) is 12.2 Å². The summed E-state index contributed by atoms with van der Waals surface area (Å²) in [5, 5.41) is 2.97. The van der Waals surface area contributed by atoms with E-state index in [4.69, 9.17) is 5.73 Å². The lowest BCUT2D eigenvalue weighted by molar-refractivity contribution is 0.101. The number of carbonyl (C=O) groups is 1. The number of benzene rings is 1. The van der Waals surface area contributed by atoms with Gasteiger partial charge in [0.15, 0.2) is 0 Å². The van der Waals surface area contributed by atoms with Crippen LogP contribution in [0.3, 0.4) is 0 Å². The van der Waals surface area contributed by atoms with E-state index in [9.17, 15) is 4.79 Å². The van der Waals surface area contributed by atoms with Gasteiger partial charge in [-0.25, -0.2) is 0 Å². The largest absolute Gasteiger partial charge is 0.397 e. The van der Waals surface area contributed by atoms with Crippen molar-refractivity contribution in [3.05, 3.63) is 47.8 Å². The first-order chi connectivity index (χ1) is 9.52. The number of anilines is 2. The van der Waals surface area contributed by atoms with Gasteiger partial charge in [0.1, 0.15) is 5.69 Å². The van der Waals surface area contributed by atoms with Crippen LogP contribution < -0.4 is 11.1 Å². The average molecular weight is 271 g/mol. The molecule has 1 heterocycles. The number of hydrogen-bond acceptors (Lipinski definition) is 2. The standard InChI is InChI=1S/C16H21N3O/c1-4-12-7-5-6-8-14(12)18-16(20)15-9-13(17)10-19(15)11(2)3/h5-11H,4,17H2,1-3H3,(H,18,20). The van der Waals surface area contributed by atoms with Crippen molar-refractivity contribution >= 4 is 17.3 Å². The van der Waals surface area contributed by atoms with Crippen LogP contribution in [0, 0.1) is 0 Å². The Hall–Kier alpha value is -2.23. The second kappa shape index (κ2) is 5.82. The number of amides is 1. The minimum Gasteiger partial charge on any atom is -0.397 e. The lowest BCUT2D eigenvalue weighted by atomic mass is 10.1. The van der Waals surface area contributed by atoms with E-state index in [1.54, 1.807) is 12.3 Å². The summed E-state index contributed by atoms with van der Waals surface area (Å²) in [7, 11) is 0. The first kappa shape index (κ1) is 14.2. The summed E-state index contributed by atoms with van der Waals surface area (Å²) < 4.78 is 1.89. The summed E-state index contributed by atoms with van der Waals surface area (Å²) in [6.07, 6.45) is 2.68. The van der Waals surface area contributed by atoms with Crippen molar-refractivity contribution < 1.29 is 4.79 Å². The Morgan fingerprint density at radius 3 is 2.70 bits per heavy atom. The highest BCUT2D eigenvalue weighted by molar-refractivity contribution is 6.04. The molecule has 4 nitrogen and oxygen atoms in total. The van der Waals surface area contributed by atoms with Gasteiger partial charge in [-0.1, -0.05) is 25.1 Å². The molecule has 0 aliphatic carbocycles. The number of aryl methyl sites for hydroxylation is 1. The maximum atomic E-state index is 12.4. The van der Waals surface area contributed by atoms with Crippen LogP contribution in [0.5, 0.6) is 0 Å². The predicted octanol–water partition coefficient (Wildman–Crippen LogP) is 3.47. The van der Waals surface area contributed by atoms with Gasteiger partial charge < -0.3 is 15.6 Å². The number of nitrogens with two attached hydrogens (primary N) is 1. The molecule has 0 unspecified atom stereocenters. The lowest BCUT2D eigenvalue weighted by Gasteiger charge is -2.14. The highest BCUT2D eigenvalue weighted by atomic mass is 16.1. The van der Waals surface area contributed by atoms with E-state index >= 15 is 0 Å². The fraction of sp³-hybridized carbons (Fsp3) is 0.312. The van der Waals surface area contributed by atoms with Crippen LogP contribution in [0.2, 0.25) is 0 Å². The third kappa shape index (κ3) is 2.85. The van der Waals surface area contributed by atoms with Crippen molar-refractivity contribution in [3.63, 3.8) is 0 Å². The number of nitrogen functional groups attached to an aromatic ring is 1. The van der Waals surface area contributed by atoms with Gasteiger partial charge >= 0.3 is 0 Å². The van der Waals surface area contributed by atoms with Gasteiger partial charge in [-0.15, -0.1) is 0 Å². The first-order valence-corrected chi connectivity index (χ1v) is 6.89. The van der Waals surface area contributed by atoms with E-state index in [0.29, 0.717) is 11.4 Å². The Morgan fingerprint density at radius 1 is 1.35 bits per heavy atom. The highest BCUT2D eigenvalue weighted by Crippen LogP contribution is 2.20. The zero-order valence-electron chi connectivity index (χ0n) is 12.2. The van der Waals surface area contributed by atoms with Crippen LogP contribution in [0.4, 0.5) is 11.4 Å². The van der Waals surface area contributed by atoms with Gasteiger partial charge in [0.05, 0.1) is 5.69 Å². The van der Waals surface area contributed by atoms with Crippen molar-refractivity contribution in [3.8, 4) is 0 Å². The molecule has 0 fully saturated rings. The van der Waals surface area contributed by atoms with Crippen LogP contribution >= 0.6 is 0 Å². The lowest BCUT2D eigenvalue weighted by Crippen LogP contribution is -2.18. The molecule has 0 saturated carbocycles. The number of rotatable bonds is 4. The second-order valence-corrected chi connectivity index (χ2v) is 5.12. The molecule has 2 rings (SSSR count). The molecule has 1 amide bonds. The molecule has 2 aromatic rings. The number of aromatic nitrogens is 1. The molecule has 1 aromatic heterocycles. The quantitative estimate of drug-likeness (QED) is 0.894. The molecular weight excluding hydrogens is 250 g/mol. The van der Waals surface area contributed by atoms with Gasteiger partial charge in [0.25, 0.3) is 5.91 Å². The van der Waals surface area contributed by atoms with Gasteiger partial charge in [-0.05, 0) is 38.0 Å². The summed E-state index contributed by atoms with van der Waals surface area (Å²) in [5.41, 5.74) is 8.97. The second-order valence-electron chi connectivity index (χ2n) is 5.12. The zero-order chi connectivity index (χ0) is 14.7. The van der Waals surface area contributed by atoms with Crippen LogP contribution in [0.25, 0.3) is 0 Å². The minimum absolute atomic E-state index is 0.128. The third-order valence-electron chi connectivity index (χ3n) is 3.31. The normalized spacial score (nSPS) is 10.8. The molecule has 4 heteroatoms. The maximum Gasteiger partial charge on any atom is 0.272 e. The van der Waals surface area contributed by atoms with Crippen LogP contribution in [-0.4, -0.2) is 10.5 Å². The Bertz CT molecular complexity index is 614. The molecule has 3 N–H and O–H groups in total. The van der Waals surface area contributed by atoms with Crippen LogP contribution in [0.15, 0.2) is 36.5 Å². The zero-order valence-corrected chi connectivity index (χ0v) is 12.2. The molecule has 0 radical (unpaired) electrons. The summed E-state index contributed by atoms with van der Waals surface area (Å²) >= 11 is 0. The van der Waals surface area contributed by atoms with Crippen molar-refractivity contribution in [1.29, 1.82) is 0 Å². The Labute approximate surface area is 119 Å². The molecule has 20 heavy (non-hydrogen) atoms. The minimum atomic E-state index is -0.128. The van der Waals surface area contributed by atoms with Gasteiger partial charge in [-0.2, -0.15) is 0 Å². The Kier molecular flexibility index (Phi) is 4.13. The van der Waals surface area contributed by atoms with Crippen molar-refractivity contribution in [2.24, 2.45) is 0 Å².